The number of methoxy groups -OCH3 is 1. The fourth-order valence-corrected chi connectivity index (χ4v) is 1.69. The van der Waals surface area contributed by atoms with Crippen LogP contribution >= 0.6 is 12.6 Å². The Morgan fingerprint density at radius 3 is 2.72 bits per heavy atom. The summed E-state index contributed by atoms with van der Waals surface area (Å²) in [5.74, 6) is 0.838. The predicted molar refractivity (Wildman–Crippen MR) is 75.6 cm³/mol. The van der Waals surface area contributed by atoms with Crippen molar-refractivity contribution in [1.82, 2.24) is 0 Å². The fraction of sp³-hybridized carbons (Fsp3) is 0.0714. The zero-order valence-corrected chi connectivity index (χ0v) is 10.8. The predicted octanol–water partition coefficient (Wildman–Crippen LogP) is 3.44. The molecule has 2 rings (SSSR count). The number of aliphatic imine (C=N–C) groups is 1. The summed E-state index contributed by atoms with van der Waals surface area (Å²) >= 11 is 4.31. The summed E-state index contributed by atoms with van der Waals surface area (Å²) in [5.41, 5.74) is 1.36. The maximum atomic E-state index is 9.71. The van der Waals surface area contributed by atoms with Gasteiger partial charge in [-0.25, -0.2) is 0 Å². The number of nitrogens with zero attached hydrogens (tertiary/aromatic N) is 1. The van der Waals surface area contributed by atoms with E-state index in [1.54, 1.807) is 31.5 Å². The zero-order valence-electron chi connectivity index (χ0n) is 9.87. The van der Waals surface area contributed by atoms with Crippen molar-refractivity contribution >= 4 is 24.5 Å². The number of thiol groups is 1. The van der Waals surface area contributed by atoms with E-state index < -0.39 is 0 Å². The van der Waals surface area contributed by atoms with Crippen molar-refractivity contribution in [1.29, 1.82) is 0 Å². The Bertz CT molecular complexity index is 582. The Morgan fingerprint density at radius 2 is 2.00 bits per heavy atom. The molecule has 2 aromatic carbocycles. The van der Waals surface area contributed by atoms with Crippen LogP contribution in [0, 0.1) is 0 Å². The quantitative estimate of drug-likeness (QED) is 0.655. The first-order chi connectivity index (χ1) is 8.70. The molecule has 4 heteroatoms. The topological polar surface area (TPSA) is 41.8 Å². The molecule has 0 aliphatic carbocycles. The Morgan fingerprint density at radius 1 is 1.22 bits per heavy atom. The molecule has 0 aliphatic rings. The molecular weight excluding hydrogens is 246 g/mol. The van der Waals surface area contributed by atoms with Gasteiger partial charge in [-0.3, -0.25) is 4.99 Å². The Kier molecular flexibility index (Phi) is 3.89. The Labute approximate surface area is 111 Å². The molecule has 0 atom stereocenters. The van der Waals surface area contributed by atoms with Gasteiger partial charge in [0.1, 0.15) is 11.5 Å². The number of phenolic OH excluding ortho intramolecular Hbond substituents is 1. The van der Waals surface area contributed by atoms with Crippen LogP contribution in [-0.4, -0.2) is 18.4 Å². The number of rotatable bonds is 3. The molecule has 0 bridgehead atoms. The molecule has 1 N–H and O–H groups in total. The molecule has 0 aliphatic heterocycles. The van der Waals surface area contributed by atoms with Gasteiger partial charge >= 0.3 is 0 Å². The van der Waals surface area contributed by atoms with Gasteiger partial charge < -0.3 is 9.84 Å². The first-order valence-electron chi connectivity index (χ1n) is 5.40. The number of hydrogen-bond acceptors (Lipinski definition) is 4. The number of para-hydroxylation sites is 1. The van der Waals surface area contributed by atoms with Gasteiger partial charge in [0.2, 0.25) is 0 Å². The van der Waals surface area contributed by atoms with Crippen molar-refractivity contribution < 1.29 is 9.84 Å². The maximum absolute atomic E-state index is 9.71. The van der Waals surface area contributed by atoms with Crippen LogP contribution in [0.2, 0.25) is 0 Å². The van der Waals surface area contributed by atoms with Gasteiger partial charge in [-0.05, 0) is 30.3 Å². The summed E-state index contributed by atoms with van der Waals surface area (Å²) < 4.78 is 5.10. The van der Waals surface area contributed by atoms with Crippen molar-refractivity contribution in [3.05, 3.63) is 48.0 Å². The molecule has 2 aromatic rings. The monoisotopic (exact) mass is 259 g/mol. The van der Waals surface area contributed by atoms with Crippen LogP contribution in [0.25, 0.3) is 0 Å². The molecule has 0 aromatic heterocycles. The van der Waals surface area contributed by atoms with Gasteiger partial charge in [0.15, 0.2) is 0 Å². The van der Waals surface area contributed by atoms with Gasteiger partial charge in [-0.2, -0.15) is 0 Å². The van der Waals surface area contributed by atoms with Crippen molar-refractivity contribution in [2.24, 2.45) is 4.99 Å². The summed E-state index contributed by atoms with van der Waals surface area (Å²) in [6.07, 6.45) is 1.59. The van der Waals surface area contributed by atoms with Crippen molar-refractivity contribution in [3.63, 3.8) is 0 Å². The molecule has 0 heterocycles. The van der Waals surface area contributed by atoms with Crippen molar-refractivity contribution in [3.8, 4) is 11.5 Å². The summed E-state index contributed by atoms with van der Waals surface area (Å²) in [5, 5.41) is 9.71. The van der Waals surface area contributed by atoms with Crippen molar-refractivity contribution in [2.75, 3.05) is 7.11 Å². The lowest BCUT2D eigenvalue weighted by atomic mass is 10.2. The van der Waals surface area contributed by atoms with Crippen LogP contribution in [0.5, 0.6) is 11.5 Å². The van der Waals surface area contributed by atoms with E-state index in [0.717, 1.165) is 10.6 Å². The van der Waals surface area contributed by atoms with Crippen LogP contribution in [-0.2, 0) is 0 Å². The number of benzene rings is 2. The molecule has 0 saturated carbocycles. The standard InChI is InChI=1S/C14H13NO2S/c1-17-11-6-7-13(16)10(8-11)9-15-12-4-2-3-5-14(12)18/h2-9,16,18H,1H3. The number of phenols is 1. The average Bonchev–Trinajstić information content (AvgIpc) is 2.39. The first-order valence-corrected chi connectivity index (χ1v) is 5.84. The van der Waals surface area contributed by atoms with E-state index in [1.165, 1.54) is 0 Å². The minimum absolute atomic E-state index is 0.163. The SMILES string of the molecule is COc1ccc(O)c(C=Nc2ccccc2S)c1. The number of aromatic hydroxyl groups is 1. The van der Waals surface area contributed by atoms with E-state index >= 15 is 0 Å². The summed E-state index contributed by atoms with van der Waals surface area (Å²) in [6.45, 7) is 0. The third-order valence-electron chi connectivity index (χ3n) is 2.46. The molecule has 92 valence electrons. The van der Waals surface area contributed by atoms with Gasteiger partial charge in [0, 0.05) is 16.7 Å². The molecule has 3 nitrogen and oxygen atoms in total. The van der Waals surface area contributed by atoms with E-state index in [1.807, 2.05) is 24.3 Å². The Hall–Kier alpha value is -1.94. The van der Waals surface area contributed by atoms with Crippen LogP contribution in [0.15, 0.2) is 52.4 Å². The molecule has 0 spiro atoms. The third-order valence-corrected chi connectivity index (χ3v) is 2.84. The van der Waals surface area contributed by atoms with E-state index in [9.17, 15) is 5.11 Å². The molecule has 0 amide bonds. The van der Waals surface area contributed by atoms with Gasteiger partial charge in [0.25, 0.3) is 0 Å². The highest BCUT2D eigenvalue weighted by Crippen LogP contribution is 2.24. The second kappa shape index (κ2) is 5.60. The Balaban J connectivity index is 2.31. The van der Waals surface area contributed by atoms with Crippen molar-refractivity contribution in [2.45, 2.75) is 4.90 Å². The molecule has 0 saturated heterocycles. The van der Waals surface area contributed by atoms with Gasteiger partial charge in [-0.1, -0.05) is 12.1 Å². The third kappa shape index (κ3) is 2.84. The molecule has 18 heavy (non-hydrogen) atoms. The average molecular weight is 259 g/mol. The second-order valence-corrected chi connectivity index (χ2v) is 4.15. The van der Waals surface area contributed by atoms with Gasteiger partial charge in [-0.15, -0.1) is 12.6 Å². The minimum Gasteiger partial charge on any atom is -0.507 e. The van der Waals surface area contributed by atoms with E-state index in [0.29, 0.717) is 11.3 Å². The zero-order chi connectivity index (χ0) is 13.0. The minimum atomic E-state index is 0.163. The fourth-order valence-electron chi connectivity index (χ4n) is 1.48. The highest BCUT2D eigenvalue weighted by atomic mass is 32.1. The highest BCUT2D eigenvalue weighted by molar-refractivity contribution is 7.80. The largest absolute Gasteiger partial charge is 0.507 e. The molecular formula is C14H13NO2S. The van der Waals surface area contributed by atoms with Crippen LogP contribution in [0.1, 0.15) is 5.56 Å². The number of ether oxygens (including phenoxy) is 1. The van der Waals surface area contributed by atoms with E-state index in [-0.39, 0.29) is 5.75 Å². The number of hydrogen-bond donors (Lipinski definition) is 2. The normalized spacial score (nSPS) is 10.8. The summed E-state index contributed by atoms with van der Waals surface area (Å²) in [7, 11) is 1.58. The summed E-state index contributed by atoms with van der Waals surface area (Å²) in [4.78, 5) is 5.08. The highest BCUT2D eigenvalue weighted by Gasteiger charge is 2.01. The lowest BCUT2D eigenvalue weighted by Gasteiger charge is -2.03. The smallest absolute Gasteiger partial charge is 0.124 e. The van der Waals surface area contributed by atoms with Crippen LogP contribution in [0.4, 0.5) is 5.69 Å². The molecule has 0 unspecified atom stereocenters. The lowest BCUT2D eigenvalue weighted by molar-refractivity contribution is 0.412. The lowest BCUT2D eigenvalue weighted by Crippen LogP contribution is -1.87. The molecule has 0 fully saturated rings. The maximum Gasteiger partial charge on any atom is 0.124 e. The van der Waals surface area contributed by atoms with E-state index in [4.69, 9.17) is 4.74 Å². The second-order valence-electron chi connectivity index (χ2n) is 3.67. The van der Waals surface area contributed by atoms with Crippen LogP contribution < -0.4 is 4.74 Å². The molecule has 0 radical (unpaired) electrons. The summed E-state index contributed by atoms with van der Waals surface area (Å²) in [6, 6.07) is 12.5. The first kappa shape index (κ1) is 12.5. The van der Waals surface area contributed by atoms with E-state index in [2.05, 4.69) is 17.6 Å². The van der Waals surface area contributed by atoms with Gasteiger partial charge in [0.05, 0.1) is 12.8 Å². The van der Waals surface area contributed by atoms with Crippen LogP contribution in [0.3, 0.4) is 0 Å².